The van der Waals surface area contributed by atoms with Crippen LogP contribution in [0.5, 0.6) is 0 Å². The molecule has 0 amide bonds. The summed E-state index contributed by atoms with van der Waals surface area (Å²) in [4.78, 5) is 11.4. The predicted octanol–water partition coefficient (Wildman–Crippen LogP) is 3.13. The van der Waals surface area contributed by atoms with Gasteiger partial charge in [-0.05, 0) is 30.5 Å². The van der Waals surface area contributed by atoms with Crippen LogP contribution in [0.3, 0.4) is 0 Å². The third-order valence-corrected chi connectivity index (χ3v) is 2.15. The van der Waals surface area contributed by atoms with Crippen LogP contribution < -0.4 is 0 Å². The highest BCUT2D eigenvalue weighted by Crippen LogP contribution is 2.18. The molecule has 0 aliphatic heterocycles. The lowest BCUT2D eigenvalue weighted by Crippen LogP contribution is -2.08. The van der Waals surface area contributed by atoms with Crippen molar-refractivity contribution in [2.75, 3.05) is 6.61 Å². The summed E-state index contributed by atoms with van der Waals surface area (Å²) in [6.45, 7) is 5.93. The first-order valence-corrected chi connectivity index (χ1v) is 5.02. The molecule has 0 unspecified atom stereocenters. The van der Waals surface area contributed by atoms with Gasteiger partial charge in [0.05, 0.1) is 12.2 Å². The Labute approximate surface area is 89.1 Å². The molecule has 0 fully saturated rings. The number of hydrogen-bond acceptors (Lipinski definition) is 2. The van der Waals surface area contributed by atoms with Gasteiger partial charge in [0.2, 0.25) is 0 Å². The van der Waals surface area contributed by atoms with Gasteiger partial charge >= 0.3 is 5.97 Å². The zero-order chi connectivity index (χ0) is 11.4. The van der Waals surface area contributed by atoms with Crippen molar-refractivity contribution in [1.29, 1.82) is 0 Å². The molecule has 0 aliphatic rings. The smallest absolute Gasteiger partial charge is 0.341 e. The van der Waals surface area contributed by atoms with Crippen LogP contribution >= 0.6 is 0 Å². The maximum Gasteiger partial charge on any atom is 0.341 e. The number of rotatable bonds is 3. The summed E-state index contributed by atoms with van der Waals surface area (Å²) in [5, 5.41) is 0. The number of hydrogen-bond donors (Lipinski definition) is 0. The van der Waals surface area contributed by atoms with E-state index in [9.17, 15) is 9.18 Å². The Morgan fingerprint density at radius 3 is 2.67 bits per heavy atom. The van der Waals surface area contributed by atoms with Crippen LogP contribution in [0.25, 0.3) is 0 Å². The average Bonchev–Trinajstić information content (AvgIpc) is 2.18. The molecule has 1 aromatic rings. The molecule has 0 aromatic heterocycles. The van der Waals surface area contributed by atoms with Crippen molar-refractivity contribution in [2.45, 2.75) is 26.7 Å². The van der Waals surface area contributed by atoms with Gasteiger partial charge in [-0.2, -0.15) is 0 Å². The molecule has 0 radical (unpaired) electrons. The van der Waals surface area contributed by atoms with Crippen molar-refractivity contribution in [3.05, 3.63) is 35.1 Å². The van der Waals surface area contributed by atoms with Crippen LogP contribution in [0.1, 0.15) is 42.6 Å². The minimum atomic E-state index is -0.600. The summed E-state index contributed by atoms with van der Waals surface area (Å²) in [5.74, 6) is -0.867. The fraction of sp³-hybridized carbons (Fsp3) is 0.417. The molecule has 0 spiro atoms. The van der Waals surface area contributed by atoms with Crippen molar-refractivity contribution < 1.29 is 13.9 Å². The third kappa shape index (κ3) is 2.78. The van der Waals surface area contributed by atoms with E-state index in [1.807, 2.05) is 13.8 Å². The molecule has 0 heterocycles. The first kappa shape index (κ1) is 11.7. The topological polar surface area (TPSA) is 26.3 Å². The number of ether oxygens (including phenoxy) is 1. The number of halogens is 1. The van der Waals surface area contributed by atoms with E-state index in [-0.39, 0.29) is 18.1 Å². The Morgan fingerprint density at radius 2 is 2.13 bits per heavy atom. The molecule has 2 nitrogen and oxygen atoms in total. The molecule has 0 bridgehead atoms. The maximum atomic E-state index is 13.3. The standard InChI is InChI=1S/C12H15FO2/c1-4-15-12(14)10-7-9(8(2)3)5-6-11(10)13/h5-8H,4H2,1-3H3. The molecule has 0 saturated carbocycles. The lowest BCUT2D eigenvalue weighted by atomic mass is 10.0. The van der Waals surface area contributed by atoms with Crippen LogP contribution in [-0.4, -0.2) is 12.6 Å². The normalized spacial score (nSPS) is 10.5. The van der Waals surface area contributed by atoms with E-state index in [2.05, 4.69) is 0 Å². The van der Waals surface area contributed by atoms with E-state index in [0.717, 1.165) is 5.56 Å². The van der Waals surface area contributed by atoms with Crippen molar-refractivity contribution in [2.24, 2.45) is 0 Å². The van der Waals surface area contributed by atoms with Gasteiger partial charge in [0.25, 0.3) is 0 Å². The number of benzene rings is 1. The highest BCUT2D eigenvalue weighted by Gasteiger charge is 2.14. The summed E-state index contributed by atoms with van der Waals surface area (Å²) >= 11 is 0. The minimum Gasteiger partial charge on any atom is -0.462 e. The molecule has 0 atom stereocenters. The molecule has 3 heteroatoms. The van der Waals surface area contributed by atoms with E-state index < -0.39 is 11.8 Å². The van der Waals surface area contributed by atoms with E-state index in [4.69, 9.17) is 4.74 Å². The van der Waals surface area contributed by atoms with Gasteiger partial charge in [0.15, 0.2) is 0 Å². The number of esters is 1. The van der Waals surface area contributed by atoms with Gasteiger partial charge < -0.3 is 4.74 Å². The fourth-order valence-corrected chi connectivity index (χ4v) is 1.27. The summed E-state index contributed by atoms with van der Waals surface area (Å²) in [5.41, 5.74) is 0.947. The van der Waals surface area contributed by atoms with Gasteiger partial charge in [-0.3, -0.25) is 0 Å². The second-order valence-corrected chi connectivity index (χ2v) is 3.61. The molecule has 15 heavy (non-hydrogen) atoms. The molecule has 0 saturated heterocycles. The van der Waals surface area contributed by atoms with Crippen LogP contribution in [-0.2, 0) is 4.74 Å². The van der Waals surface area contributed by atoms with Crippen LogP contribution in [0.2, 0.25) is 0 Å². The summed E-state index contributed by atoms with van der Waals surface area (Å²) in [6, 6.07) is 4.54. The lowest BCUT2D eigenvalue weighted by Gasteiger charge is -2.08. The molecular weight excluding hydrogens is 195 g/mol. The largest absolute Gasteiger partial charge is 0.462 e. The molecule has 0 N–H and O–H groups in total. The molecular formula is C12H15FO2. The Kier molecular flexibility index (Phi) is 3.83. The van der Waals surface area contributed by atoms with Gasteiger partial charge in [-0.25, -0.2) is 9.18 Å². The maximum absolute atomic E-state index is 13.3. The first-order valence-electron chi connectivity index (χ1n) is 5.02. The minimum absolute atomic E-state index is 0.0167. The van der Waals surface area contributed by atoms with E-state index in [0.29, 0.717) is 0 Å². The Bertz CT molecular complexity index is 359. The first-order chi connectivity index (χ1) is 7.06. The quantitative estimate of drug-likeness (QED) is 0.716. The van der Waals surface area contributed by atoms with Crippen LogP contribution in [0.15, 0.2) is 18.2 Å². The fourth-order valence-electron chi connectivity index (χ4n) is 1.27. The highest BCUT2D eigenvalue weighted by atomic mass is 19.1. The van der Waals surface area contributed by atoms with E-state index in [1.165, 1.54) is 6.07 Å². The molecule has 1 rings (SSSR count). The lowest BCUT2D eigenvalue weighted by molar-refractivity contribution is 0.0521. The van der Waals surface area contributed by atoms with Crippen LogP contribution in [0.4, 0.5) is 4.39 Å². The summed E-state index contributed by atoms with van der Waals surface area (Å²) in [6.07, 6.45) is 0. The number of carbonyl (C=O) groups excluding carboxylic acids is 1. The van der Waals surface area contributed by atoms with Crippen molar-refractivity contribution >= 4 is 5.97 Å². The average molecular weight is 210 g/mol. The van der Waals surface area contributed by atoms with Crippen molar-refractivity contribution in [3.63, 3.8) is 0 Å². The summed E-state index contributed by atoms with van der Waals surface area (Å²) < 4.78 is 18.1. The third-order valence-electron chi connectivity index (χ3n) is 2.15. The molecule has 82 valence electrons. The van der Waals surface area contributed by atoms with Gasteiger partial charge in [0, 0.05) is 0 Å². The Balaban J connectivity index is 3.05. The second-order valence-electron chi connectivity index (χ2n) is 3.61. The number of carbonyl (C=O) groups is 1. The summed E-state index contributed by atoms with van der Waals surface area (Å²) in [7, 11) is 0. The Morgan fingerprint density at radius 1 is 1.47 bits per heavy atom. The highest BCUT2D eigenvalue weighted by molar-refractivity contribution is 5.89. The second kappa shape index (κ2) is 4.91. The van der Waals surface area contributed by atoms with E-state index in [1.54, 1.807) is 19.1 Å². The van der Waals surface area contributed by atoms with Gasteiger partial charge in [-0.1, -0.05) is 19.9 Å². The van der Waals surface area contributed by atoms with Gasteiger partial charge in [0.1, 0.15) is 5.82 Å². The predicted molar refractivity (Wildman–Crippen MR) is 56.4 cm³/mol. The van der Waals surface area contributed by atoms with Crippen LogP contribution in [0, 0.1) is 5.82 Å². The van der Waals surface area contributed by atoms with E-state index >= 15 is 0 Å². The van der Waals surface area contributed by atoms with Crippen molar-refractivity contribution in [3.8, 4) is 0 Å². The van der Waals surface area contributed by atoms with Crippen molar-refractivity contribution in [1.82, 2.24) is 0 Å². The Hall–Kier alpha value is -1.38. The van der Waals surface area contributed by atoms with Gasteiger partial charge in [-0.15, -0.1) is 0 Å². The molecule has 0 aliphatic carbocycles. The molecule has 1 aromatic carbocycles. The SMILES string of the molecule is CCOC(=O)c1cc(C(C)C)ccc1F. The zero-order valence-corrected chi connectivity index (χ0v) is 9.21. The zero-order valence-electron chi connectivity index (χ0n) is 9.21. The monoisotopic (exact) mass is 210 g/mol.